The molecule has 8 nitrogen and oxygen atoms in total. The summed E-state index contributed by atoms with van der Waals surface area (Å²) in [5.41, 5.74) is -0.281. The van der Waals surface area contributed by atoms with Crippen LogP contribution >= 0.6 is 0 Å². The topological polar surface area (TPSA) is 105 Å². The van der Waals surface area contributed by atoms with Crippen LogP contribution in [0.15, 0.2) is 18.2 Å². The zero-order valence-corrected chi connectivity index (χ0v) is 15.9. The van der Waals surface area contributed by atoms with Crippen molar-refractivity contribution < 1.29 is 29.0 Å². The molecule has 27 heavy (non-hydrogen) atoms. The molecule has 0 aliphatic carbocycles. The van der Waals surface area contributed by atoms with Crippen molar-refractivity contribution in [1.29, 1.82) is 0 Å². The van der Waals surface area contributed by atoms with Crippen LogP contribution in [0, 0.1) is 0 Å². The van der Waals surface area contributed by atoms with E-state index in [9.17, 15) is 19.5 Å². The summed E-state index contributed by atoms with van der Waals surface area (Å²) in [7, 11) is 0. The second-order valence-electron chi connectivity index (χ2n) is 8.00. The Morgan fingerprint density at radius 3 is 2.67 bits per heavy atom. The van der Waals surface area contributed by atoms with Crippen LogP contribution in [0.4, 0.5) is 21.0 Å². The maximum atomic E-state index is 13.0. The molecule has 1 saturated heterocycles. The summed E-state index contributed by atoms with van der Waals surface area (Å²) in [6.07, 6.45) is -1.30. The molecule has 1 aromatic carbocycles. The third-order valence-electron chi connectivity index (χ3n) is 4.77. The molecule has 146 valence electrons. The van der Waals surface area contributed by atoms with E-state index in [-0.39, 0.29) is 11.8 Å². The Balaban J connectivity index is 1.97. The van der Waals surface area contributed by atoms with Crippen LogP contribution in [0.3, 0.4) is 0 Å². The average Bonchev–Trinajstić information content (AvgIpc) is 2.74. The predicted molar refractivity (Wildman–Crippen MR) is 98.1 cm³/mol. The molecule has 1 fully saturated rings. The summed E-state index contributed by atoms with van der Waals surface area (Å²) in [6.45, 7) is 7.50. The molecule has 0 bridgehead atoms. The van der Waals surface area contributed by atoms with Crippen LogP contribution in [0.25, 0.3) is 0 Å². The van der Waals surface area contributed by atoms with Gasteiger partial charge >= 0.3 is 12.2 Å². The summed E-state index contributed by atoms with van der Waals surface area (Å²) < 4.78 is 10.8. The zero-order valence-electron chi connectivity index (χ0n) is 15.9. The first-order valence-electron chi connectivity index (χ1n) is 8.87. The van der Waals surface area contributed by atoms with Crippen molar-refractivity contribution in [2.75, 3.05) is 16.8 Å². The lowest BCUT2D eigenvalue weighted by atomic mass is 9.73. The molecule has 2 N–H and O–H groups in total. The van der Waals surface area contributed by atoms with Crippen LogP contribution in [0.2, 0.25) is 0 Å². The fourth-order valence-electron chi connectivity index (χ4n) is 3.77. The van der Waals surface area contributed by atoms with Gasteiger partial charge in [0.15, 0.2) is 0 Å². The molecule has 2 aliphatic heterocycles. The van der Waals surface area contributed by atoms with E-state index in [1.807, 2.05) is 6.92 Å². The van der Waals surface area contributed by atoms with E-state index in [1.165, 1.54) is 6.07 Å². The van der Waals surface area contributed by atoms with Crippen LogP contribution in [-0.4, -0.2) is 41.5 Å². The highest BCUT2D eigenvalue weighted by molar-refractivity contribution is 6.21. The Morgan fingerprint density at radius 2 is 2.07 bits per heavy atom. The number of hydrogen-bond acceptors (Lipinski definition) is 5. The number of nitrogens with zero attached hydrogens (tertiary/aromatic N) is 1. The number of imide groups is 1. The van der Waals surface area contributed by atoms with Gasteiger partial charge in [-0.25, -0.2) is 14.5 Å². The molecule has 2 atom stereocenters. The molecule has 8 heteroatoms. The van der Waals surface area contributed by atoms with Gasteiger partial charge in [0, 0.05) is 12.3 Å². The van der Waals surface area contributed by atoms with Crippen molar-refractivity contribution >= 4 is 29.5 Å². The van der Waals surface area contributed by atoms with E-state index < -0.39 is 29.1 Å². The number of carbonyl (C=O) groups excluding carboxylic acids is 2. The van der Waals surface area contributed by atoms with Crippen molar-refractivity contribution in [1.82, 2.24) is 0 Å². The maximum Gasteiger partial charge on any atom is 0.418 e. The third kappa shape index (κ3) is 3.49. The van der Waals surface area contributed by atoms with Crippen LogP contribution in [0.1, 0.15) is 46.1 Å². The number of amides is 3. The number of hydrogen-bond donors (Lipinski definition) is 2. The minimum absolute atomic E-state index is 0.149. The van der Waals surface area contributed by atoms with E-state index in [2.05, 4.69) is 5.32 Å². The highest BCUT2D eigenvalue weighted by Gasteiger charge is 2.54. The Bertz CT molecular complexity index is 800. The number of anilines is 2. The van der Waals surface area contributed by atoms with Gasteiger partial charge in [0.2, 0.25) is 5.91 Å². The molecule has 0 unspecified atom stereocenters. The van der Waals surface area contributed by atoms with E-state index >= 15 is 0 Å². The lowest BCUT2D eigenvalue weighted by Gasteiger charge is -2.35. The smallest absolute Gasteiger partial charge is 0.418 e. The fourth-order valence-corrected chi connectivity index (χ4v) is 3.77. The number of carbonyl (C=O) groups is 3. The molecular weight excluding hydrogens is 352 g/mol. The van der Waals surface area contributed by atoms with Crippen LogP contribution < -0.4 is 10.2 Å². The maximum absolute atomic E-state index is 13.0. The minimum Gasteiger partial charge on any atom is -0.464 e. The van der Waals surface area contributed by atoms with Gasteiger partial charge in [-0.3, -0.25) is 10.1 Å². The SMILES string of the molecule is C[C@H]1C[C@@]2(CCO1)C(=O)N(C(=O)O)c1cc(NC(=O)OC(C)(C)C)ccc12. The van der Waals surface area contributed by atoms with Gasteiger partial charge in [0.1, 0.15) is 5.60 Å². The molecular formula is C19H24N2O6. The Hall–Kier alpha value is -2.61. The van der Waals surface area contributed by atoms with Gasteiger partial charge in [0.25, 0.3) is 0 Å². The monoisotopic (exact) mass is 376 g/mol. The number of ether oxygens (including phenoxy) is 2. The number of rotatable bonds is 1. The molecule has 1 aromatic rings. The molecule has 0 radical (unpaired) electrons. The largest absolute Gasteiger partial charge is 0.464 e. The molecule has 3 rings (SSSR count). The van der Waals surface area contributed by atoms with Crippen molar-refractivity contribution in [3.63, 3.8) is 0 Å². The van der Waals surface area contributed by atoms with E-state index in [4.69, 9.17) is 9.47 Å². The quantitative estimate of drug-likeness (QED) is 0.777. The number of fused-ring (bicyclic) bond motifs is 2. The summed E-state index contributed by atoms with van der Waals surface area (Å²) in [5.74, 6) is -0.463. The van der Waals surface area contributed by atoms with Gasteiger partial charge in [-0.05, 0) is 58.2 Å². The zero-order chi connectivity index (χ0) is 20.0. The molecule has 0 aromatic heterocycles. The number of benzene rings is 1. The van der Waals surface area contributed by atoms with Crippen molar-refractivity contribution in [2.24, 2.45) is 0 Å². The fraction of sp³-hybridized carbons (Fsp3) is 0.526. The van der Waals surface area contributed by atoms with E-state index in [1.54, 1.807) is 32.9 Å². The van der Waals surface area contributed by atoms with Gasteiger partial charge < -0.3 is 14.6 Å². The number of nitrogens with one attached hydrogen (secondary N) is 1. The van der Waals surface area contributed by atoms with Crippen LogP contribution in [-0.2, 0) is 19.7 Å². The van der Waals surface area contributed by atoms with Crippen molar-refractivity contribution in [2.45, 2.75) is 57.7 Å². The second kappa shape index (κ2) is 6.53. The van der Waals surface area contributed by atoms with Gasteiger partial charge in [-0.2, -0.15) is 0 Å². The predicted octanol–water partition coefficient (Wildman–Crippen LogP) is 3.49. The molecule has 3 amide bonds. The first-order valence-corrected chi connectivity index (χ1v) is 8.87. The first kappa shape index (κ1) is 19.2. The number of carboxylic acid groups (broad SMARTS) is 1. The molecule has 2 aliphatic rings. The summed E-state index contributed by atoms with van der Waals surface area (Å²) in [5, 5.41) is 12.2. The third-order valence-corrected chi connectivity index (χ3v) is 4.77. The minimum atomic E-state index is -1.34. The molecule has 2 heterocycles. The lowest BCUT2D eigenvalue weighted by molar-refractivity contribution is -0.128. The highest BCUT2D eigenvalue weighted by atomic mass is 16.6. The summed E-state index contributed by atoms with van der Waals surface area (Å²) in [6, 6.07) is 4.87. The van der Waals surface area contributed by atoms with E-state index in [0.717, 1.165) is 4.90 Å². The van der Waals surface area contributed by atoms with Crippen molar-refractivity contribution in [3.05, 3.63) is 23.8 Å². The summed E-state index contributed by atoms with van der Waals surface area (Å²) in [4.78, 5) is 37.6. The second-order valence-corrected chi connectivity index (χ2v) is 8.00. The molecule has 0 saturated carbocycles. The van der Waals surface area contributed by atoms with Gasteiger partial charge in [-0.15, -0.1) is 0 Å². The van der Waals surface area contributed by atoms with Crippen LogP contribution in [0.5, 0.6) is 0 Å². The highest BCUT2D eigenvalue weighted by Crippen LogP contribution is 2.49. The first-order chi connectivity index (χ1) is 12.5. The lowest BCUT2D eigenvalue weighted by Crippen LogP contribution is -2.47. The average molecular weight is 376 g/mol. The van der Waals surface area contributed by atoms with Gasteiger partial charge in [0.05, 0.1) is 17.2 Å². The van der Waals surface area contributed by atoms with E-state index in [0.29, 0.717) is 30.7 Å². The Kier molecular flexibility index (Phi) is 4.63. The molecule has 1 spiro atoms. The van der Waals surface area contributed by atoms with Gasteiger partial charge in [-0.1, -0.05) is 6.07 Å². The summed E-state index contributed by atoms with van der Waals surface area (Å²) >= 11 is 0. The standard InChI is InChI=1S/C19H24N2O6/c1-11-10-19(7-8-26-11)13-6-5-12(20-16(23)27-18(2,3)4)9-14(13)21(15(19)22)17(24)25/h5-6,9,11H,7-8,10H2,1-4H3,(H,20,23)(H,24,25)/t11-,19+/m0/s1. The Morgan fingerprint density at radius 1 is 1.37 bits per heavy atom. The van der Waals surface area contributed by atoms with Crippen molar-refractivity contribution in [3.8, 4) is 0 Å². The Labute approximate surface area is 157 Å². The normalized spacial score (nSPS) is 24.7.